The van der Waals surface area contributed by atoms with Gasteiger partial charge in [-0.05, 0) is 57.1 Å². The minimum Gasteiger partial charge on any atom is -0.492 e. The van der Waals surface area contributed by atoms with Crippen LogP contribution < -0.4 is 9.64 Å². The highest BCUT2D eigenvalue weighted by Crippen LogP contribution is 2.39. The van der Waals surface area contributed by atoms with Crippen molar-refractivity contribution in [2.24, 2.45) is 11.3 Å². The van der Waals surface area contributed by atoms with E-state index in [0.29, 0.717) is 29.5 Å². The molecule has 2 aromatic heterocycles. The van der Waals surface area contributed by atoms with E-state index < -0.39 is 18.2 Å². The minimum absolute atomic E-state index is 0.183. The lowest BCUT2D eigenvalue weighted by molar-refractivity contribution is -0.136. The number of carbonyl (C=O) groups is 1. The average Bonchev–Trinajstić information content (AvgIpc) is 2.76. The van der Waals surface area contributed by atoms with Gasteiger partial charge in [-0.3, -0.25) is 14.8 Å². The number of piperidine rings is 1. The van der Waals surface area contributed by atoms with Crippen molar-refractivity contribution in [2.45, 2.75) is 80.0 Å². The van der Waals surface area contributed by atoms with Crippen LogP contribution in [0.2, 0.25) is 0 Å². The number of hydrogen-bond donors (Lipinski definition) is 2. The lowest BCUT2D eigenvalue weighted by atomic mass is 9.82. The smallest absolute Gasteiger partial charge is 0.307 e. The molecule has 0 radical (unpaired) electrons. The van der Waals surface area contributed by atoms with E-state index in [0.717, 1.165) is 37.2 Å². The number of carboxylic acid groups (broad SMARTS) is 1. The van der Waals surface area contributed by atoms with Crippen LogP contribution in [0.3, 0.4) is 0 Å². The highest BCUT2D eigenvalue weighted by Gasteiger charge is 2.30. The molecule has 8 heteroatoms. The minimum atomic E-state index is -1.00. The van der Waals surface area contributed by atoms with Crippen LogP contribution in [-0.2, 0) is 17.9 Å². The Hall–Kier alpha value is -2.74. The largest absolute Gasteiger partial charge is 0.492 e. The van der Waals surface area contributed by atoms with E-state index in [2.05, 4.69) is 42.6 Å². The van der Waals surface area contributed by atoms with Crippen molar-refractivity contribution in [1.82, 2.24) is 9.97 Å². The Labute approximate surface area is 214 Å². The summed E-state index contributed by atoms with van der Waals surface area (Å²) in [6.07, 6.45) is 4.96. The maximum absolute atomic E-state index is 13.7. The molecule has 0 bridgehead atoms. The van der Waals surface area contributed by atoms with Crippen molar-refractivity contribution in [1.29, 1.82) is 0 Å². The van der Waals surface area contributed by atoms with Crippen molar-refractivity contribution in [3.8, 4) is 17.0 Å². The number of halogens is 1. The Morgan fingerprint density at radius 3 is 2.25 bits per heavy atom. The molecule has 2 aromatic rings. The first-order valence-corrected chi connectivity index (χ1v) is 12.5. The summed E-state index contributed by atoms with van der Waals surface area (Å²) in [6.45, 7) is 15.2. The molecule has 0 aromatic carbocycles. The van der Waals surface area contributed by atoms with Crippen molar-refractivity contribution in [3.63, 3.8) is 0 Å². The molecule has 1 saturated heterocycles. The summed E-state index contributed by atoms with van der Waals surface area (Å²) in [5.74, 6) is 0.0844. The Bertz CT molecular complexity index is 985. The Balaban J connectivity index is 0.000000830. The fourth-order valence-electron chi connectivity index (χ4n) is 3.81. The van der Waals surface area contributed by atoms with E-state index in [9.17, 15) is 14.3 Å². The third-order valence-electron chi connectivity index (χ3n) is 5.72. The lowest BCUT2D eigenvalue weighted by Gasteiger charge is -2.40. The van der Waals surface area contributed by atoms with Crippen LogP contribution in [0.25, 0.3) is 11.3 Å². The van der Waals surface area contributed by atoms with E-state index in [1.807, 2.05) is 12.1 Å². The average molecular weight is 504 g/mol. The molecule has 0 atom stereocenters. The molecular weight excluding hydrogens is 461 g/mol. The summed E-state index contributed by atoms with van der Waals surface area (Å²) >= 11 is 0. The second-order valence-corrected chi connectivity index (χ2v) is 11.6. The third kappa shape index (κ3) is 9.37. The summed E-state index contributed by atoms with van der Waals surface area (Å²) < 4.78 is 19.5. The maximum atomic E-state index is 13.7. The molecule has 200 valence electrons. The zero-order valence-corrected chi connectivity index (χ0v) is 22.8. The van der Waals surface area contributed by atoms with Crippen molar-refractivity contribution >= 4 is 11.7 Å². The van der Waals surface area contributed by atoms with Gasteiger partial charge in [0, 0.05) is 30.4 Å². The Kier molecular flexibility index (Phi) is 10.2. The van der Waals surface area contributed by atoms with Gasteiger partial charge >= 0.3 is 5.97 Å². The SMILES string of the molecule is CC(C)(C)O.CC(C)COc1ccc(-c2cnc(CF)c(CC(=O)O)c2N2CCC(C)(C)CC2)nc1. The summed E-state index contributed by atoms with van der Waals surface area (Å²) in [5, 5.41) is 18.0. The van der Waals surface area contributed by atoms with Gasteiger partial charge in [0.15, 0.2) is 0 Å². The predicted molar refractivity (Wildman–Crippen MR) is 141 cm³/mol. The molecule has 0 unspecified atom stereocenters. The van der Waals surface area contributed by atoms with Crippen LogP contribution in [0.15, 0.2) is 24.5 Å². The molecule has 0 saturated carbocycles. The molecule has 0 amide bonds. The summed E-state index contributed by atoms with van der Waals surface area (Å²) in [4.78, 5) is 22.6. The molecule has 2 N–H and O–H groups in total. The molecule has 3 rings (SSSR count). The summed E-state index contributed by atoms with van der Waals surface area (Å²) in [7, 11) is 0. The number of aliphatic hydroxyl groups is 1. The van der Waals surface area contributed by atoms with Crippen molar-refractivity contribution in [2.75, 3.05) is 24.6 Å². The van der Waals surface area contributed by atoms with Crippen LogP contribution >= 0.6 is 0 Å². The van der Waals surface area contributed by atoms with E-state index in [1.54, 1.807) is 33.2 Å². The second kappa shape index (κ2) is 12.5. The van der Waals surface area contributed by atoms with Gasteiger partial charge in [0.2, 0.25) is 0 Å². The first-order valence-electron chi connectivity index (χ1n) is 12.5. The summed E-state index contributed by atoms with van der Waals surface area (Å²) in [5.41, 5.74) is 2.48. The number of ether oxygens (including phenoxy) is 1. The number of carboxylic acids is 1. The normalized spacial score (nSPS) is 15.3. The number of pyridine rings is 2. The third-order valence-corrected chi connectivity index (χ3v) is 5.72. The van der Waals surface area contributed by atoms with Crippen LogP contribution in [0.1, 0.15) is 72.6 Å². The number of alkyl halides is 1. The molecule has 36 heavy (non-hydrogen) atoms. The first kappa shape index (κ1) is 29.5. The van der Waals surface area contributed by atoms with Gasteiger partial charge in [-0.1, -0.05) is 27.7 Å². The fourth-order valence-corrected chi connectivity index (χ4v) is 3.81. The molecule has 1 aliphatic rings. The first-order chi connectivity index (χ1) is 16.7. The fraction of sp³-hybridized carbons (Fsp3) is 0.607. The van der Waals surface area contributed by atoms with E-state index in [4.69, 9.17) is 9.84 Å². The van der Waals surface area contributed by atoms with Gasteiger partial charge in [0.05, 0.1) is 41.9 Å². The van der Waals surface area contributed by atoms with E-state index >= 15 is 0 Å². The van der Waals surface area contributed by atoms with Gasteiger partial charge in [0.1, 0.15) is 12.4 Å². The molecule has 1 aliphatic heterocycles. The predicted octanol–water partition coefficient (Wildman–Crippen LogP) is 5.68. The maximum Gasteiger partial charge on any atom is 0.307 e. The summed E-state index contributed by atoms with van der Waals surface area (Å²) in [6, 6.07) is 3.71. The molecular formula is C28H42FN3O4. The second-order valence-electron chi connectivity index (χ2n) is 11.6. The molecule has 3 heterocycles. The van der Waals surface area contributed by atoms with Crippen molar-refractivity contribution in [3.05, 3.63) is 35.8 Å². The molecule has 7 nitrogen and oxygen atoms in total. The standard InChI is InChI=1S/C24H32FN3O3.C4H10O/c1-16(2)15-31-17-5-6-20(26-13-17)19-14-27-21(12-25)18(11-22(29)30)23(19)28-9-7-24(3,4)8-10-28;1-4(2,3)5/h5-6,13-14,16H,7-12,15H2,1-4H3,(H,29,30);5H,1-3H3. The number of anilines is 1. The number of hydrogen-bond acceptors (Lipinski definition) is 6. The zero-order valence-electron chi connectivity index (χ0n) is 22.8. The van der Waals surface area contributed by atoms with Crippen LogP contribution in [0.4, 0.5) is 10.1 Å². The molecule has 0 spiro atoms. The quantitative estimate of drug-likeness (QED) is 0.478. The number of nitrogens with zero attached hydrogens (tertiary/aromatic N) is 3. The van der Waals surface area contributed by atoms with Gasteiger partial charge in [-0.2, -0.15) is 0 Å². The highest BCUT2D eigenvalue weighted by atomic mass is 19.1. The highest BCUT2D eigenvalue weighted by molar-refractivity contribution is 5.83. The van der Waals surface area contributed by atoms with Gasteiger partial charge < -0.3 is 19.8 Å². The number of aromatic nitrogens is 2. The van der Waals surface area contributed by atoms with Gasteiger partial charge in [0.25, 0.3) is 0 Å². The lowest BCUT2D eigenvalue weighted by Crippen LogP contribution is -2.38. The Morgan fingerprint density at radius 1 is 1.17 bits per heavy atom. The molecule has 0 aliphatic carbocycles. The van der Waals surface area contributed by atoms with Crippen LogP contribution in [0, 0.1) is 11.3 Å². The van der Waals surface area contributed by atoms with Gasteiger partial charge in [-0.25, -0.2) is 4.39 Å². The van der Waals surface area contributed by atoms with E-state index in [-0.39, 0.29) is 17.5 Å². The monoisotopic (exact) mass is 503 g/mol. The van der Waals surface area contributed by atoms with Crippen molar-refractivity contribution < 1.29 is 24.1 Å². The van der Waals surface area contributed by atoms with Gasteiger partial charge in [-0.15, -0.1) is 0 Å². The van der Waals surface area contributed by atoms with Crippen LogP contribution in [-0.4, -0.2) is 51.4 Å². The molecule has 1 fully saturated rings. The van der Waals surface area contributed by atoms with Crippen LogP contribution in [0.5, 0.6) is 5.75 Å². The number of aliphatic carboxylic acids is 1. The number of rotatable bonds is 8. The van der Waals surface area contributed by atoms with E-state index in [1.165, 1.54) is 0 Å². The Morgan fingerprint density at radius 2 is 1.78 bits per heavy atom. The topological polar surface area (TPSA) is 95.8 Å². The zero-order chi connectivity index (χ0) is 27.1.